The van der Waals surface area contributed by atoms with Crippen LogP contribution in [0, 0.1) is 6.92 Å². The number of urea groups is 1. The summed E-state index contributed by atoms with van der Waals surface area (Å²) in [4.78, 5) is 35.0. The molecule has 1 aromatic heterocycles. The number of amides is 2. The van der Waals surface area contributed by atoms with E-state index in [4.69, 9.17) is 16.6 Å². The van der Waals surface area contributed by atoms with Gasteiger partial charge in [0.1, 0.15) is 5.82 Å². The Morgan fingerprint density at radius 3 is 2.37 bits per heavy atom. The smallest absolute Gasteiger partial charge is 0.314 e. The van der Waals surface area contributed by atoms with Gasteiger partial charge in [0.2, 0.25) is 0 Å². The third kappa shape index (κ3) is 5.74. The van der Waals surface area contributed by atoms with Crippen LogP contribution in [0.25, 0.3) is 27.4 Å². The van der Waals surface area contributed by atoms with Gasteiger partial charge in [0.05, 0.1) is 28.3 Å². The quantitative estimate of drug-likeness (QED) is 0.204. The highest BCUT2D eigenvalue weighted by Gasteiger charge is 2.28. The summed E-state index contributed by atoms with van der Waals surface area (Å²) in [5, 5.41) is 6.23. The van der Waals surface area contributed by atoms with Crippen molar-refractivity contribution in [2.45, 2.75) is 26.3 Å². The van der Waals surface area contributed by atoms with Crippen molar-refractivity contribution < 1.29 is 4.79 Å². The van der Waals surface area contributed by atoms with Gasteiger partial charge >= 0.3 is 6.03 Å². The van der Waals surface area contributed by atoms with Crippen LogP contribution >= 0.6 is 11.6 Å². The molecule has 1 atom stereocenters. The Bertz CT molecular complexity index is 2000. The maximum Gasteiger partial charge on any atom is 0.322 e. The highest BCUT2D eigenvalue weighted by Crippen LogP contribution is 2.28. The van der Waals surface area contributed by atoms with Crippen molar-refractivity contribution in [2.75, 3.05) is 11.9 Å². The van der Waals surface area contributed by atoms with E-state index in [2.05, 4.69) is 5.32 Å². The van der Waals surface area contributed by atoms with Crippen LogP contribution < -0.4 is 10.9 Å². The van der Waals surface area contributed by atoms with E-state index in [1.54, 1.807) is 21.6 Å². The van der Waals surface area contributed by atoms with Crippen LogP contribution in [0.15, 0.2) is 120 Å². The van der Waals surface area contributed by atoms with E-state index in [-0.39, 0.29) is 11.6 Å². The Labute approximate surface area is 255 Å². The Hall–Kier alpha value is -4.94. The molecule has 0 saturated carbocycles. The molecule has 2 amide bonds. The lowest BCUT2D eigenvalue weighted by Gasteiger charge is -2.31. The molecule has 0 aliphatic carbocycles. The third-order valence-corrected chi connectivity index (χ3v) is 8.05. The van der Waals surface area contributed by atoms with Gasteiger partial charge in [-0.1, -0.05) is 90.5 Å². The van der Waals surface area contributed by atoms with E-state index in [1.165, 1.54) is 0 Å². The molecular weight excluding hydrogens is 556 g/mol. The van der Waals surface area contributed by atoms with Crippen LogP contribution in [0.2, 0.25) is 5.02 Å². The van der Waals surface area contributed by atoms with Crippen molar-refractivity contribution in [2.24, 2.45) is 0 Å². The first-order valence-corrected chi connectivity index (χ1v) is 14.7. The number of anilines is 1. The Morgan fingerprint density at radius 2 is 1.58 bits per heavy atom. The van der Waals surface area contributed by atoms with Gasteiger partial charge in [-0.05, 0) is 73.2 Å². The Kier molecular flexibility index (Phi) is 7.95. The van der Waals surface area contributed by atoms with Crippen molar-refractivity contribution in [3.05, 3.63) is 148 Å². The Morgan fingerprint density at radius 1 is 0.884 bits per heavy atom. The van der Waals surface area contributed by atoms with Crippen LogP contribution in [0.4, 0.5) is 10.5 Å². The number of hydrogen-bond donors (Lipinski definition) is 1. The lowest BCUT2D eigenvalue weighted by Crippen LogP contribution is -2.41. The lowest BCUT2D eigenvalue weighted by atomic mass is 10.1. The number of para-hydroxylation sites is 1. The molecule has 43 heavy (non-hydrogen) atoms. The molecule has 0 radical (unpaired) electrons. The topological polar surface area (TPSA) is 67.2 Å². The summed E-state index contributed by atoms with van der Waals surface area (Å²) in [6.07, 6.45) is 0.631. The minimum absolute atomic E-state index is 0.199. The zero-order valence-corrected chi connectivity index (χ0v) is 24.8. The largest absolute Gasteiger partial charge is 0.322 e. The normalized spacial score (nSPS) is 11.9. The highest BCUT2D eigenvalue weighted by molar-refractivity contribution is 6.30. The van der Waals surface area contributed by atoms with Crippen LogP contribution in [0.5, 0.6) is 0 Å². The molecule has 6 aromatic rings. The fourth-order valence-electron chi connectivity index (χ4n) is 5.56. The minimum atomic E-state index is -0.564. The van der Waals surface area contributed by atoms with E-state index in [1.807, 2.05) is 117 Å². The first-order valence-electron chi connectivity index (χ1n) is 14.3. The number of rotatable bonds is 7. The van der Waals surface area contributed by atoms with E-state index < -0.39 is 6.04 Å². The van der Waals surface area contributed by atoms with Crippen LogP contribution in [-0.4, -0.2) is 27.0 Å². The fourth-order valence-corrected chi connectivity index (χ4v) is 5.79. The van der Waals surface area contributed by atoms with Crippen LogP contribution in [0.1, 0.15) is 29.9 Å². The number of nitrogens with zero attached hydrogens (tertiary/aromatic N) is 3. The summed E-state index contributed by atoms with van der Waals surface area (Å²) in [6, 6.07) is 35.7. The molecule has 0 spiro atoms. The first-order chi connectivity index (χ1) is 20.9. The molecular formula is C36H31ClN4O2. The van der Waals surface area contributed by atoms with Gasteiger partial charge in [0, 0.05) is 17.0 Å². The number of carbonyl (C=O) groups is 1. The van der Waals surface area contributed by atoms with E-state index in [0.717, 1.165) is 27.6 Å². The SMILES string of the molecule is Cc1cc(Cl)ccc1-n1c(C(C)N(CCc2ccccc2)C(=O)Nc2cccc3ccccc23)nc2ccccc2c1=O. The summed E-state index contributed by atoms with van der Waals surface area (Å²) < 4.78 is 1.62. The van der Waals surface area contributed by atoms with Gasteiger partial charge in [-0.2, -0.15) is 0 Å². The van der Waals surface area contributed by atoms with Gasteiger partial charge < -0.3 is 10.2 Å². The Balaban J connectivity index is 1.47. The van der Waals surface area contributed by atoms with Gasteiger partial charge in [-0.15, -0.1) is 0 Å². The van der Waals surface area contributed by atoms with Crippen molar-refractivity contribution in [3.8, 4) is 5.69 Å². The number of carbonyl (C=O) groups excluding carboxylic acids is 1. The summed E-state index contributed by atoms with van der Waals surface area (Å²) in [6.45, 7) is 4.24. The second-order valence-electron chi connectivity index (χ2n) is 10.6. The summed E-state index contributed by atoms with van der Waals surface area (Å²) in [5.41, 5.74) is 3.71. The molecule has 0 saturated heterocycles. The van der Waals surface area contributed by atoms with Crippen LogP contribution in [0.3, 0.4) is 0 Å². The van der Waals surface area contributed by atoms with E-state index in [9.17, 15) is 9.59 Å². The minimum Gasteiger partial charge on any atom is -0.314 e. The third-order valence-electron chi connectivity index (χ3n) is 7.82. The predicted molar refractivity (Wildman–Crippen MR) is 175 cm³/mol. The maximum atomic E-state index is 14.2. The van der Waals surface area contributed by atoms with Crippen LogP contribution in [-0.2, 0) is 6.42 Å². The zero-order chi connectivity index (χ0) is 29.9. The van der Waals surface area contributed by atoms with Crippen molar-refractivity contribution in [3.63, 3.8) is 0 Å². The summed E-state index contributed by atoms with van der Waals surface area (Å²) >= 11 is 6.29. The predicted octanol–water partition coefficient (Wildman–Crippen LogP) is 8.34. The molecule has 7 heteroatoms. The molecule has 1 unspecified atom stereocenters. The molecule has 5 aromatic carbocycles. The average Bonchev–Trinajstić information content (AvgIpc) is 3.02. The number of aromatic nitrogens is 2. The second-order valence-corrected chi connectivity index (χ2v) is 11.1. The maximum absolute atomic E-state index is 14.2. The molecule has 0 bridgehead atoms. The van der Waals surface area contributed by atoms with E-state index in [0.29, 0.717) is 40.4 Å². The first kappa shape index (κ1) is 28.2. The lowest BCUT2D eigenvalue weighted by molar-refractivity contribution is 0.190. The highest BCUT2D eigenvalue weighted by atomic mass is 35.5. The fraction of sp³-hybridized carbons (Fsp3) is 0.139. The van der Waals surface area contributed by atoms with Crippen molar-refractivity contribution in [1.82, 2.24) is 14.5 Å². The number of hydrogen-bond acceptors (Lipinski definition) is 3. The molecule has 0 fully saturated rings. The van der Waals surface area contributed by atoms with Crippen molar-refractivity contribution >= 4 is 45.0 Å². The molecule has 1 N–H and O–H groups in total. The standard InChI is InChI=1S/C36H31ClN4O2/c1-24-23-28(37)19-20-33(24)41-34(38-32-17-9-8-16-30(32)35(41)42)25(2)40(22-21-26-11-4-3-5-12-26)36(43)39-31-18-10-14-27-13-6-7-15-29(27)31/h3-20,23,25H,21-22H2,1-2H3,(H,39,43). The van der Waals surface area contributed by atoms with E-state index >= 15 is 0 Å². The summed E-state index contributed by atoms with van der Waals surface area (Å²) in [7, 11) is 0. The molecule has 6 rings (SSSR count). The molecule has 6 nitrogen and oxygen atoms in total. The number of aryl methyl sites for hydroxylation is 1. The number of benzene rings is 5. The number of fused-ring (bicyclic) bond motifs is 2. The average molecular weight is 587 g/mol. The number of nitrogens with one attached hydrogen (secondary N) is 1. The van der Waals surface area contributed by atoms with Gasteiger partial charge in [0.25, 0.3) is 5.56 Å². The molecule has 0 aliphatic rings. The zero-order valence-electron chi connectivity index (χ0n) is 24.0. The number of halogens is 1. The molecule has 214 valence electrons. The second kappa shape index (κ2) is 12.1. The van der Waals surface area contributed by atoms with Crippen molar-refractivity contribution in [1.29, 1.82) is 0 Å². The molecule has 0 aliphatic heterocycles. The van der Waals surface area contributed by atoms with Gasteiger partial charge in [-0.25, -0.2) is 9.78 Å². The monoisotopic (exact) mass is 586 g/mol. The molecule has 1 heterocycles. The summed E-state index contributed by atoms with van der Waals surface area (Å²) in [5.74, 6) is 0.468. The van der Waals surface area contributed by atoms with Gasteiger partial charge in [0.15, 0.2) is 0 Å². The van der Waals surface area contributed by atoms with Gasteiger partial charge in [-0.3, -0.25) is 9.36 Å².